The third kappa shape index (κ3) is 5.18. The van der Waals surface area contributed by atoms with Crippen LogP contribution in [-0.4, -0.2) is 41.2 Å². The van der Waals surface area contributed by atoms with Crippen molar-refractivity contribution in [2.24, 2.45) is 7.05 Å². The summed E-state index contributed by atoms with van der Waals surface area (Å²) in [7, 11) is 1.95. The van der Waals surface area contributed by atoms with Crippen LogP contribution in [0.3, 0.4) is 0 Å². The molecule has 0 unspecified atom stereocenters. The molecule has 0 N–H and O–H groups in total. The van der Waals surface area contributed by atoms with Gasteiger partial charge in [-0.1, -0.05) is 18.2 Å². The molecule has 33 heavy (non-hydrogen) atoms. The van der Waals surface area contributed by atoms with E-state index in [2.05, 4.69) is 9.97 Å². The lowest BCUT2D eigenvalue weighted by atomic mass is 10.1. The molecule has 1 aromatic carbocycles. The summed E-state index contributed by atoms with van der Waals surface area (Å²) < 4.78 is 3.95. The summed E-state index contributed by atoms with van der Waals surface area (Å²) in [4.78, 5) is 31.3. The maximum absolute atomic E-state index is 12.1. The number of benzene rings is 1. The first-order valence-corrected chi connectivity index (χ1v) is 10.8. The number of hydrogen-bond donors (Lipinski definition) is 0. The molecule has 0 aliphatic carbocycles. The smallest absolute Gasteiger partial charge is 0.234 e. The fraction of sp³-hybridized carbons (Fsp3) is 0.280. The molecule has 0 saturated carbocycles. The normalized spacial score (nSPS) is 12.5. The number of pyridine rings is 1. The average Bonchev–Trinajstić information content (AvgIpc) is 3.47. The SMILES string of the molecule is Cn1c(-c2ccc(-n3ccnc3)cc2)cnc1[C@H](Cc1ccccn1)N(C=O)OC(C)(C)C. The fourth-order valence-electron chi connectivity index (χ4n) is 3.70. The highest BCUT2D eigenvalue weighted by Gasteiger charge is 2.29. The molecule has 3 heterocycles. The van der Waals surface area contributed by atoms with Crippen LogP contribution in [0.1, 0.15) is 38.3 Å². The standard InChI is InChI=1S/C25H28N6O2/c1-25(2,3)33-31(18-32)22(15-20-7-5-6-12-27-20)24-28-16-23(29(24)4)19-8-10-21(11-9-19)30-14-13-26-17-30/h5-14,16-18,22H,15H2,1-4H3/t22-/m0/s1. The molecule has 0 fully saturated rings. The Morgan fingerprint density at radius 2 is 1.88 bits per heavy atom. The summed E-state index contributed by atoms with van der Waals surface area (Å²) in [5, 5.41) is 1.35. The van der Waals surface area contributed by atoms with Crippen LogP contribution in [0.2, 0.25) is 0 Å². The van der Waals surface area contributed by atoms with Crippen molar-refractivity contribution in [2.75, 3.05) is 0 Å². The van der Waals surface area contributed by atoms with E-state index in [0.717, 1.165) is 22.6 Å². The van der Waals surface area contributed by atoms with Gasteiger partial charge in [0.25, 0.3) is 0 Å². The predicted molar refractivity (Wildman–Crippen MR) is 125 cm³/mol. The third-order valence-corrected chi connectivity index (χ3v) is 5.21. The Hall–Kier alpha value is -3.78. The fourth-order valence-corrected chi connectivity index (χ4v) is 3.70. The quantitative estimate of drug-likeness (QED) is 0.301. The summed E-state index contributed by atoms with van der Waals surface area (Å²) >= 11 is 0. The summed E-state index contributed by atoms with van der Waals surface area (Å²) in [6, 6.07) is 13.5. The molecule has 1 amide bonds. The van der Waals surface area contributed by atoms with Crippen molar-refractivity contribution in [1.82, 2.24) is 29.1 Å². The van der Waals surface area contributed by atoms with Crippen molar-refractivity contribution in [2.45, 2.75) is 38.8 Å². The van der Waals surface area contributed by atoms with Gasteiger partial charge in [0.1, 0.15) is 11.9 Å². The van der Waals surface area contributed by atoms with Gasteiger partial charge in [-0.15, -0.1) is 0 Å². The van der Waals surface area contributed by atoms with Gasteiger partial charge in [0.15, 0.2) is 0 Å². The second kappa shape index (κ2) is 9.38. The molecular weight excluding hydrogens is 416 g/mol. The first-order chi connectivity index (χ1) is 15.9. The largest absolute Gasteiger partial charge is 0.329 e. The van der Waals surface area contributed by atoms with Crippen LogP contribution in [0.15, 0.2) is 73.6 Å². The van der Waals surface area contributed by atoms with Crippen molar-refractivity contribution in [3.8, 4) is 16.9 Å². The minimum atomic E-state index is -0.541. The van der Waals surface area contributed by atoms with E-state index >= 15 is 0 Å². The Kier molecular flexibility index (Phi) is 6.37. The van der Waals surface area contributed by atoms with Crippen LogP contribution in [0.4, 0.5) is 0 Å². The van der Waals surface area contributed by atoms with Gasteiger partial charge in [-0.3, -0.25) is 14.6 Å². The number of nitrogens with zero attached hydrogens (tertiary/aromatic N) is 6. The van der Waals surface area contributed by atoms with Crippen LogP contribution in [0.5, 0.6) is 0 Å². The van der Waals surface area contributed by atoms with Gasteiger partial charge in [0, 0.05) is 43.4 Å². The zero-order valence-electron chi connectivity index (χ0n) is 19.3. The van der Waals surface area contributed by atoms with E-state index in [1.807, 2.05) is 91.8 Å². The van der Waals surface area contributed by atoms with Crippen LogP contribution in [0, 0.1) is 0 Å². The van der Waals surface area contributed by atoms with Crippen molar-refractivity contribution in [3.63, 3.8) is 0 Å². The summed E-state index contributed by atoms with van der Waals surface area (Å²) in [6.45, 7) is 5.73. The Morgan fingerprint density at radius 1 is 1.09 bits per heavy atom. The monoisotopic (exact) mass is 444 g/mol. The minimum Gasteiger partial charge on any atom is -0.329 e. The maximum Gasteiger partial charge on any atom is 0.234 e. The highest BCUT2D eigenvalue weighted by atomic mass is 16.7. The third-order valence-electron chi connectivity index (χ3n) is 5.21. The lowest BCUT2D eigenvalue weighted by molar-refractivity contribution is -0.235. The second-order valence-corrected chi connectivity index (χ2v) is 8.79. The summed E-state index contributed by atoms with van der Waals surface area (Å²) in [6.07, 6.45) is 10.2. The Balaban J connectivity index is 1.68. The molecule has 0 aliphatic heterocycles. The van der Waals surface area contributed by atoms with E-state index in [9.17, 15) is 4.79 Å². The zero-order chi connectivity index (χ0) is 23.4. The topological polar surface area (TPSA) is 78.1 Å². The summed E-state index contributed by atoms with van der Waals surface area (Å²) in [5.74, 6) is 0.714. The van der Waals surface area contributed by atoms with E-state index in [4.69, 9.17) is 9.82 Å². The number of hydroxylamine groups is 2. The van der Waals surface area contributed by atoms with Crippen LogP contribution in [-0.2, 0) is 23.1 Å². The Bertz CT molecular complexity index is 1180. The number of rotatable bonds is 8. The highest BCUT2D eigenvalue weighted by molar-refractivity contribution is 5.61. The zero-order valence-corrected chi connectivity index (χ0v) is 19.3. The van der Waals surface area contributed by atoms with Crippen molar-refractivity contribution < 1.29 is 9.63 Å². The Morgan fingerprint density at radius 3 is 2.48 bits per heavy atom. The molecule has 1 atom stereocenters. The van der Waals surface area contributed by atoms with Crippen LogP contribution in [0.25, 0.3) is 16.9 Å². The second-order valence-electron chi connectivity index (χ2n) is 8.79. The van der Waals surface area contributed by atoms with Gasteiger partial charge in [-0.25, -0.2) is 15.0 Å². The van der Waals surface area contributed by atoms with Crippen LogP contribution < -0.4 is 0 Å². The Labute approximate surface area is 193 Å². The summed E-state index contributed by atoms with van der Waals surface area (Å²) in [5.41, 5.74) is 3.29. The molecule has 4 aromatic rings. The highest BCUT2D eigenvalue weighted by Crippen LogP contribution is 2.29. The first kappa shape index (κ1) is 22.4. The first-order valence-electron chi connectivity index (χ1n) is 10.8. The molecule has 0 spiro atoms. The number of carbonyl (C=O) groups excluding carboxylic acids is 1. The number of hydrogen-bond acceptors (Lipinski definition) is 5. The lowest BCUT2D eigenvalue weighted by Gasteiger charge is -2.32. The van der Waals surface area contributed by atoms with E-state index in [-0.39, 0.29) is 0 Å². The van der Waals surface area contributed by atoms with Gasteiger partial charge < -0.3 is 9.13 Å². The molecule has 0 bridgehead atoms. The van der Waals surface area contributed by atoms with Gasteiger partial charge in [0.2, 0.25) is 6.41 Å². The molecule has 0 saturated heterocycles. The van der Waals surface area contributed by atoms with Crippen LogP contribution >= 0.6 is 0 Å². The van der Waals surface area contributed by atoms with Gasteiger partial charge in [-0.05, 0) is 50.6 Å². The van der Waals surface area contributed by atoms with E-state index in [1.54, 1.807) is 18.7 Å². The number of amides is 1. The number of imidazole rings is 2. The van der Waals surface area contributed by atoms with Crippen molar-refractivity contribution in [3.05, 3.63) is 85.1 Å². The lowest BCUT2D eigenvalue weighted by Crippen LogP contribution is -2.38. The molecule has 8 heteroatoms. The molecular formula is C25H28N6O2. The average molecular weight is 445 g/mol. The van der Waals surface area contributed by atoms with Crippen molar-refractivity contribution >= 4 is 6.41 Å². The van der Waals surface area contributed by atoms with E-state index in [0.29, 0.717) is 18.7 Å². The molecule has 8 nitrogen and oxygen atoms in total. The predicted octanol–water partition coefficient (Wildman–Crippen LogP) is 4.14. The number of aromatic nitrogens is 5. The van der Waals surface area contributed by atoms with E-state index < -0.39 is 11.6 Å². The van der Waals surface area contributed by atoms with Gasteiger partial charge >= 0.3 is 0 Å². The van der Waals surface area contributed by atoms with Crippen molar-refractivity contribution in [1.29, 1.82) is 0 Å². The van der Waals surface area contributed by atoms with Gasteiger partial charge in [-0.2, -0.15) is 0 Å². The van der Waals surface area contributed by atoms with E-state index in [1.165, 1.54) is 5.06 Å². The maximum atomic E-state index is 12.1. The molecule has 170 valence electrons. The number of carbonyl (C=O) groups is 1. The molecule has 4 rings (SSSR count). The van der Waals surface area contributed by atoms with Gasteiger partial charge in [0.05, 0.1) is 23.8 Å². The molecule has 3 aromatic heterocycles. The molecule has 0 aliphatic rings. The molecule has 0 radical (unpaired) electrons. The minimum absolute atomic E-state index is 0.444.